The fourth-order valence-electron chi connectivity index (χ4n) is 3.54. The van der Waals surface area contributed by atoms with E-state index in [0.717, 1.165) is 41.8 Å². The zero-order chi connectivity index (χ0) is 18.6. The summed E-state index contributed by atoms with van der Waals surface area (Å²) in [4.78, 5) is 2.32. The molecule has 0 spiro atoms. The van der Waals surface area contributed by atoms with Crippen LogP contribution in [0, 0.1) is 5.82 Å². The third-order valence-electron chi connectivity index (χ3n) is 5.09. The molecule has 3 aromatic rings. The molecule has 0 radical (unpaired) electrons. The third-order valence-corrected chi connectivity index (χ3v) is 5.09. The summed E-state index contributed by atoms with van der Waals surface area (Å²) in [5.41, 5.74) is 5.55. The van der Waals surface area contributed by atoms with E-state index in [1.165, 1.54) is 17.7 Å². The molecular formula is C24H22FNO. The number of phenolic OH excluding ortho intramolecular Hbond substituents is 1. The first-order chi connectivity index (χ1) is 13.2. The Labute approximate surface area is 159 Å². The van der Waals surface area contributed by atoms with Crippen LogP contribution in [0.4, 0.5) is 4.39 Å². The molecule has 3 aromatic carbocycles. The van der Waals surface area contributed by atoms with Gasteiger partial charge in [0.15, 0.2) is 0 Å². The average molecular weight is 359 g/mol. The highest BCUT2D eigenvalue weighted by molar-refractivity contribution is 5.67. The van der Waals surface area contributed by atoms with Crippen molar-refractivity contribution in [3.05, 3.63) is 95.8 Å². The highest BCUT2D eigenvalue weighted by atomic mass is 19.1. The molecule has 0 saturated carbocycles. The maximum Gasteiger partial charge on any atom is 0.123 e. The first-order valence-corrected chi connectivity index (χ1v) is 9.24. The van der Waals surface area contributed by atoms with Crippen LogP contribution in [-0.2, 0) is 6.54 Å². The van der Waals surface area contributed by atoms with Gasteiger partial charge in [0.05, 0.1) is 0 Å². The molecular weight excluding hydrogens is 337 g/mol. The third kappa shape index (κ3) is 4.09. The molecule has 2 nitrogen and oxygen atoms in total. The molecule has 27 heavy (non-hydrogen) atoms. The van der Waals surface area contributed by atoms with E-state index in [4.69, 9.17) is 0 Å². The second-order valence-electron chi connectivity index (χ2n) is 6.93. The van der Waals surface area contributed by atoms with Crippen molar-refractivity contribution in [2.24, 2.45) is 0 Å². The Morgan fingerprint density at radius 2 is 1.59 bits per heavy atom. The van der Waals surface area contributed by atoms with E-state index >= 15 is 0 Å². The van der Waals surface area contributed by atoms with Crippen LogP contribution in [0.1, 0.15) is 17.5 Å². The van der Waals surface area contributed by atoms with Crippen molar-refractivity contribution in [2.45, 2.75) is 13.0 Å². The molecule has 0 aromatic heterocycles. The molecule has 4 rings (SSSR count). The second kappa shape index (κ2) is 7.77. The lowest BCUT2D eigenvalue weighted by Gasteiger charge is -2.27. The van der Waals surface area contributed by atoms with Crippen molar-refractivity contribution in [2.75, 3.05) is 13.1 Å². The molecule has 3 heteroatoms. The molecule has 0 unspecified atom stereocenters. The fourth-order valence-corrected chi connectivity index (χ4v) is 3.54. The van der Waals surface area contributed by atoms with E-state index in [1.54, 1.807) is 6.07 Å². The Balaban J connectivity index is 1.48. The number of rotatable bonds is 4. The van der Waals surface area contributed by atoms with Gasteiger partial charge in [0, 0.05) is 25.2 Å². The first-order valence-electron chi connectivity index (χ1n) is 9.24. The number of halogens is 1. The van der Waals surface area contributed by atoms with Crippen LogP contribution in [-0.4, -0.2) is 23.1 Å². The Hall–Kier alpha value is -2.91. The molecule has 1 aliphatic rings. The summed E-state index contributed by atoms with van der Waals surface area (Å²) in [6, 6.07) is 22.7. The quantitative estimate of drug-likeness (QED) is 0.666. The van der Waals surface area contributed by atoms with Gasteiger partial charge in [0.25, 0.3) is 0 Å². The molecule has 1 N–H and O–H groups in total. The van der Waals surface area contributed by atoms with Gasteiger partial charge in [-0.05, 0) is 52.9 Å². The number of hydrogen-bond acceptors (Lipinski definition) is 2. The minimum Gasteiger partial charge on any atom is -0.508 e. The monoisotopic (exact) mass is 359 g/mol. The Bertz CT molecular complexity index is 948. The first kappa shape index (κ1) is 17.5. The molecule has 0 atom stereocenters. The van der Waals surface area contributed by atoms with Crippen LogP contribution >= 0.6 is 0 Å². The van der Waals surface area contributed by atoms with Crippen molar-refractivity contribution in [3.63, 3.8) is 0 Å². The van der Waals surface area contributed by atoms with E-state index in [-0.39, 0.29) is 5.82 Å². The summed E-state index contributed by atoms with van der Waals surface area (Å²) in [6.45, 7) is 2.44. The van der Waals surface area contributed by atoms with Gasteiger partial charge in [-0.2, -0.15) is 0 Å². The minimum absolute atomic E-state index is 0.203. The molecule has 1 heterocycles. The van der Waals surface area contributed by atoms with E-state index in [0.29, 0.717) is 12.3 Å². The lowest BCUT2D eigenvalue weighted by atomic mass is 9.98. The Morgan fingerprint density at radius 1 is 0.852 bits per heavy atom. The van der Waals surface area contributed by atoms with Crippen molar-refractivity contribution in [1.82, 2.24) is 4.90 Å². The maximum absolute atomic E-state index is 13.1. The predicted octanol–water partition coefficient (Wildman–Crippen LogP) is 5.49. The van der Waals surface area contributed by atoms with Gasteiger partial charge in [-0.25, -0.2) is 4.39 Å². The SMILES string of the molecule is Oc1ccc(-c2ccccc2)cc1CN1CC=C(c2ccc(F)cc2)CC1. The molecule has 0 fully saturated rings. The van der Waals surface area contributed by atoms with E-state index < -0.39 is 0 Å². The molecule has 0 aliphatic carbocycles. The number of benzene rings is 3. The van der Waals surface area contributed by atoms with Crippen LogP contribution < -0.4 is 0 Å². The van der Waals surface area contributed by atoms with Gasteiger partial charge in [0.2, 0.25) is 0 Å². The van der Waals surface area contributed by atoms with Gasteiger partial charge < -0.3 is 5.11 Å². The van der Waals surface area contributed by atoms with Gasteiger partial charge in [0.1, 0.15) is 11.6 Å². The summed E-state index contributed by atoms with van der Waals surface area (Å²) >= 11 is 0. The number of phenols is 1. The standard InChI is InChI=1S/C24H22FNO/c25-23-9-6-19(7-10-23)20-12-14-26(15-13-20)17-22-16-21(8-11-24(22)27)18-4-2-1-3-5-18/h1-12,16,27H,13-15,17H2. The zero-order valence-electron chi connectivity index (χ0n) is 15.1. The molecule has 0 bridgehead atoms. The summed E-state index contributed by atoms with van der Waals surface area (Å²) < 4.78 is 13.1. The van der Waals surface area contributed by atoms with E-state index in [9.17, 15) is 9.50 Å². The normalized spacial score (nSPS) is 14.8. The van der Waals surface area contributed by atoms with Crippen LogP contribution in [0.15, 0.2) is 78.9 Å². The van der Waals surface area contributed by atoms with Crippen LogP contribution in [0.5, 0.6) is 5.75 Å². The summed E-state index contributed by atoms with van der Waals surface area (Å²) in [5, 5.41) is 10.3. The predicted molar refractivity (Wildman–Crippen MR) is 108 cm³/mol. The van der Waals surface area contributed by atoms with Gasteiger partial charge >= 0.3 is 0 Å². The highest BCUT2D eigenvalue weighted by Crippen LogP contribution is 2.29. The highest BCUT2D eigenvalue weighted by Gasteiger charge is 2.15. The largest absolute Gasteiger partial charge is 0.508 e. The average Bonchev–Trinajstić information content (AvgIpc) is 2.71. The van der Waals surface area contributed by atoms with Gasteiger partial charge in [-0.1, -0.05) is 54.6 Å². The Morgan fingerprint density at radius 3 is 2.30 bits per heavy atom. The summed E-state index contributed by atoms with van der Waals surface area (Å²) in [5.74, 6) is 0.133. The molecule has 0 saturated heterocycles. The van der Waals surface area contributed by atoms with Crippen LogP contribution in [0.2, 0.25) is 0 Å². The van der Waals surface area contributed by atoms with Crippen molar-refractivity contribution in [3.8, 4) is 16.9 Å². The topological polar surface area (TPSA) is 23.5 Å². The summed E-state index contributed by atoms with van der Waals surface area (Å²) in [6.07, 6.45) is 3.12. The lowest BCUT2D eigenvalue weighted by molar-refractivity contribution is 0.289. The van der Waals surface area contributed by atoms with Gasteiger partial charge in [-0.3, -0.25) is 4.90 Å². The molecule has 1 aliphatic heterocycles. The minimum atomic E-state index is -0.203. The number of aromatic hydroxyl groups is 1. The van der Waals surface area contributed by atoms with Crippen LogP contribution in [0.25, 0.3) is 16.7 Å². The second-order valence-corrected chi connectivity index (χ2v) is 6.93. The maximum atomic E-state index is 13.1. The van der Waals surface area contributed by atoms with Crippen molar-refractivity contribution in [1.29, 1.82) is 0 Å². The molecule has 0 amide bonds. The van der Waals surface area contributed by atoms with Crippen molar-refractivity contribution < 1.29 is 9.50 Å². The van der Waals surface area contributed by atoms with E-state index in [2.05, 4.69) is 29.2 Å². The fraction of sp³-hybridized carbons (Fsp3) is 0.167. The zero-order valence-corrected chi connectivity index (χ0v) is 15.1. The van der Waals surface area contributed by atoms with Crippen molar-refractivity contribution >= 4 is 5.57 Å². The molecule has 136 valence electrons. The number of hydrogen-bond donors (Lipinski definition) is 1. The Kier molecular flexibility index (Phi) is 5.03. The lowest BCUT2D eigenvalue weighted by Crippen LogP contribution is -2.28. The smallest absolute Gasteiger partial charge is 0.123 e. The van der Waals surface area contributed by atoms with Crippen LogP contribution in [0.3, 0.4) is 0 Å². The van der Waals surface area contributed by atoms with Gasteiger partial charge in [-0.15, -0.1) is 0 Å². The summed E-state index contributed by atoms with van der Waals surface area (Å²) in [7, 11) is 0. The van der Waals surface area contributed by atoms with E-state index in [1.807, 2.05) is 36.4 Å². The number of nitrogens with zero attached hydrogens (tertiary/aromatic N) is 1.